The van der Waals surface area contributed by atoms with Gasteiger partial charge < -0.3 is 34.3 Å². The second-order valence-corrected chi connectivity index (χ2v) is 19.2. The van der Waals surface area contributed by atoms with Crippen LogP contribution in [0.1, 0.15) is 83.7 Å². The van der Waals surface area contributed by atoms with Gasteiger partial charge in [-0.15, -0.1) is 0 Å². The summed E-state index contributed by atoms with van der Waals surface area (Å²) >= 11 is 0. The van der Waals surface area contributed by atoms with Crippen LogP contribution in [0.5, 0.6) is 0 Å². The van der Waals surface area contributed by atoms with E-state index in [0.717, 1.165) is 56.2 Å². The van der Waals surface area contributed by atoms with Crippen molar-refractivity contribution >= 4 is 40.5 Å². The quantitative estimate of drug-likeness (QED) is 0.139. The number of hydrogen-bond donors (Lipinski definition) is 3. The first kappa shape index (κ1) is 48.0. The number of esters is 1. The third-order valence-corrected chi connectivity index (χ3v) is 13.4. The predicted octanol–water partition coefficient (Wildman–Crippen LogP) is 5.38. The molecule has 4 aromatic rings. The SMILES string of the molecule is C=CC(=O)N1CC[C@](O)(C(=O)N(C)[C@H](C(=O)N[C@H]2Cc3cccc(c3)-c3ccc4c(c3)c(c(-c3cccnc3[C@H](C)OC)n4CC)CC(C)(C)COC(=O)[C@@H]3CCCN(N3)C2=O)C(C)C)C1. The van der Waals surface area contributed by atoms with Crippen LogP contribution in [-0.2, 0) is 52.8 Å². The fourth-order valence-corrected chi connectivity index (χ4v) is 9.91. The van der Waals surface area contributed by atoms with Crippen LogP contribution < -0.4 is 10.7 Å². The molecule has 7 rings (SSSR count). The number of methoxy groups -OCH3 is 1. The van der Waals surface area contributed by atoms with Gasteiger partial charge in [0.1, 0.15) is 18.1 Å². The van der Waals surface area contributed by atoms with Crippen LogP contribution in [0.25, 0.3) is 33.3 Å². The summed E-state index contributed by atoms with van der Waals surface area (Å²) in [4.78, 5) is 76.8. The fraction of sp³-hybridized carbons (Fsp3) is 0.490. The summed E-state index contributed by atoms with van der Waals surface area (Å²) in [6.07, 6.45) is 4.29. The Morgan fingerprint density at radius 1 is 1.09 bits per heavy atom. The minimum Gasteiger partial charge on any atom is -0.464 e. The van der Waals surface area contributed by atoms with E-state index in [0.29, 0.717) is 25.8 Å². The Morgan fingerprint density at radius 3 is 2.56 bits per heavy atom. The Balaban J connectivity index is 1.29. The molecular formula is C51H65N7O8. The zero-order valence-corrected chi connectivity index (χ0v) is 39.6. The highest BCUT2D eigenvalue weighted by molar-refractivity contribution is 5.97. The molecule has 2 aromatic heterocycles. The van der Waals surface area contributed by atoms with Gasteiger partial charge in [0, 0.05) is 74.7 Å². The zero-order chi connectivity index (χ0) is 47.7. The monoisotopic (exact) mass is 903 g/mol. The number of aryl methyl sites for hydroxylation is 1. The van der Waals surface area contributed by atoms with Crippen LogP contribution in [0.15, 0.2) is 73.4 Å². The maximum Gasteiger partial charge on any atom is 0.324 e. The molecule has 352 valence electrons. The van der Waals surface area contributed by atoms with Crippen molar-refractivity contribution in [1.29, 1.82) is 0 Å². The number of cyclic esters (lactones) is 1. The lowest BCUT2D eigenvalue weighted by Gasteiger charge is -2.37. The maximum atomic E-state index is 14.7. The van der Waals surface area contributed by atoms with Gasteiger partial charge in [0.2, 0.25) is 11.8 Å². The number of benzene rings is 2. The van der Waals surface area contributed by atoms with Gasteiger partial charge in [-0.05, 0) is 91.6 Å². The van der Waals surface area contributed by atoms with E-state index in [4.69, 9.17) is 14.5 Å². The van der Waals surface area contributed by atoms with Crippen molar-refractivity contribution < 1.29 is 38.6 Å². The van der Waals surface area contributed by atoms with Crippen molar-refractivity contribution in [2.45, 2.75) is 110 Å². The van der Waals surface area contributed by atoms with Crippen LogP contribution in [0.2, 0.25) is 0 Å². The minimum absolute atomic E-state index is 0.000308. The van der Waals surface area contributed by atoms with E-state index >= 15 is 0 Å². The summed E-state index contributed by atoms with van der Waals surface area (Å²) in [6.45, 7) is 16.4. The third-order valence-electron chi connectivity index (χ3n) is 13.4. The molecule has 15 heteroatoms. The molecule has 4 amide bonds. The van der Waals surface area contributed by atoms with Gasteiger partial charge in [0.25, 0.3) is 11.8 Å². The molecule has 0 unspecified atom stereocenters. The van der Waals surface area contributed by atoms with E-state index < -0.39 is 64.7 Å². The Hall–Kier alpha value is -5.90. The zero-order valence-electron chi connectivity index (χ0n) is 39.6. The highest BCUT2D eigenvalue weighted by atomic mass is 16.5. The largest absolute Gasteiger partial charge is 0.464 e. The van der Waals surface area contributed by atoms with E-state index in [1.165, 1.54) is 21.9 Å². The number of hydrogen-bond acceptors (Lipinski definition) is 10. The molecule has 6 bridgehead atoms. The van der Waals surface area contributed by atoms with E-state index in [2.05, 4.69) is 66.9 Å². The minimum atomic E-state index is -1.90. The highest BCUT2D eigenvalue weighted by Gasteiger charge is 2.48. The van der Waals surface area contributed by atoms with Gasteiger partial charge in [-0.3, -0.25) is 34.0 Å². The summed E-state index contributed by atoms with van der Waals surface area (Å²) in [5.74, 6) is -3.04. The van der Waals surface area contributed by atoms with Crippen molar-refractivity contribution in [1.82, 2.24) is 35.1 Å². The smallest absolute Gasteiger partial charge is 0.324 e. The Labute approximate surface area is 387 Å². The molecule has 2 fully saturated rings. The second kappa shape index (κ2) is 19.5. The lowest BCUT2D eigenvalue weighted by Crippen LogP contribution is -2.63. The lowest BCUT2D eigenvalue weighted by atomic mass is 9.84. The second-order valence-electron chi connectivity index (χ2n) is 19.2. The number of pyridine rings is 1. The molecule has 5 atom stereocenters. The number of hydrazine groups is 1. The Kier molecular flexibility index (Phi) is 14.2. The Bertz CT molecular complexity index is 2520. The Morgan fingerprint density at radius 2 is 1.85 bits per heavy atom. The van der Waals surface area contributed by atoms with E-state index in [1.807, 2.05) is 37.3 Å². The van der Waals surface area contributed by atoms with E-state index in [-0.39, 0.29) is 45.2 Å². The number of aromatic nitrogens is 2. The normalized spacial score (nSPS) is 22.1. The number of nitrogens with zero attached hydrogens (tertiary/aromatic N) is 5. The molecule has 0 spiro atoms. The molecule has 3 aliphatic rings. The summed E-state index contributed by atoms with van der Waals surface area (Å²) in [5.41, 5.74) is 8.35. The van der Waals surface area contributed by atoms with Gasteiger partial charge in [0.15, 0.2) is 5.60 Å². The number of amides is 4. The fourth-order valence-electron chi connectivity index (χ4n) is 9.91. The molecule has 0 radical (unpaired) electrons. The summed E-state index contributed by atoms with van der Waals surface area (Å²) in [6, 6.07) is 15.4. The molecular weight excluding hydrogens is 839 g/mol. The average molecular weight is 904 g/mol. The molecule has 3 N–H and O–H groups in total. The number of carbonyl (C=O) groups is 5. The van der Waals surface area contributed by atoms with Crippen LogP contribution in [0.4, 0.5) is 0 Å². The number of nitrogens with one attached hydrogen (secondary N) is 2. The number of ether oxygens (including phenoxy) is 2. The van der Waals surface area contributed by atoms with Crippen LogP contribution in [0.3, 0.4) is 0 Å². The van der Waals surface area contributed by atoms with Crippen molar-refractivity contribution in [2.75, 3.05) is 40.4 Å². The summed E-state index contributed by atoms with van der Waals surface area (Å²) in [5, 5.41) is 16.9. The van der Waals surface area contributed by atoms with Crippen LogP contribution in [-0.4, -0.2) is 123 Å². The van der Waals surface area contributed by atoms with Crippen molar-refractivity contribution in [3.8, 4) is 22.4 Å². The highest BCUT2D eigenvalue weighted by Crippen LogP contribution is 2.42. The first-order valence-corrected chi connectivity index (χ1v) is 23.1. The average Bonchev–Trinajstić information content (AvgIpc) is 3.86. The summed E-state index contributed by atoms with van der Waals surface area (Å²) < 4.78 is 14.2. The van der Waals surface area contributed by atoms with Gasteiger partial charge in [-0.25, -0.2) is 5.43 Å². The molecule has 0 aliphatic carbocycles. The predicted molar refractivity (Wildman–Crippen MR) is 251 cm³/mol. The molecule has 3 aliphatic heterocycles. The third kappa shape index (κ3) is 9.65. The number of β-amino-alcohol motifs (C(OH)–C–C–N with tert-alkyl or cyclic N) is 1. The van der Waals surface area contributed by atoms with Gasteiger partial charge in [0.05, 0.1) is 30.6 Å². The number of fused-ring (bicyclic) bond motifs is 6. The molecule has 15 nitrogen and oxygen atoms in total. The van der Waals surface area contributed by atoms with Gasteiger partial charge >= 0.3 is 5.97 Å². The maximum absolute atomic E-state index is 14.7. The number of carbonyl (C=O) groups excluding carboxylic acids is 5. The van der Waals surface area contributed by atoms with Crippen molar-refractivity contribution in [2.24, 2.45) is 11.3 Å². The van der Waals surface area contributed by atoms with Crippen LogP contribution in [0, 0.1) is 11.3 Å². The lowest BCUT2D eigenvalue weighted by molar-refractivity contribution is -0.156. The summed E-state index contributed by atoms with van der Waals surface area (Å²) in [7, 11) is 3.14. The van der Waals surface area contributed by atoms with E-state index in [9.17, 15) is 29.1 Å². The topological polar surface area (TPSA) is 176 Å². The molecule has 0 saturated carbocycles. The van der Waals surface area contributed by atoms with Gasteiger partial charge in [-0.2, -0.15) is 0 Å². The molecule has 2 aromatic carbocycles. The standard InChI is InChI=1S/C51H65N7O8/c1-10-42(59)56-24-21-51(64,29-56)49(63)55(8)44(31(3)4)46(60)53-40-26-33-15-12-16-34(25-33)35-19-20-41-37(27-35)38(45(57(41)11-2)36-17-13-22-52-43(36)32(5)65-9)28-50(6,7)30-66-48(62)39-18-14-23-58(54-39)47(40)61/h10,12-13,15-17,19-20,22,25,27,31-32,39-40,44,54,64H,1,11,14,18,21,23-24,26,28-30H2,2-9H3,(H,53,60)/t32-,39-,40-,44-,51+/m0/s1. The number of rotatable bonds is 10. The van der Waals surface area contributed by atoms with Crippen molar-refractivity contribution in [3.05, 3.63) is 90.3 Å². The molecule has 2 saturated heterocycles. The van der Waals surface area contributed by atoms with Gasteiger partial charge in [-0.1, -0.05) is 64.6 Å². The first-order chi connectivity index (χ1) is 31.4. The number of likely N-dealkylation sites (tertiary alicyclic amines) is 1. The van der Waals surface area contributed by atoms with Crippen molar-refractivity contribution in [3.63, 3.8) is 0 Å². The molecule has 66 heavy (non-hydrogen) atoms. The number of aliphatic hydroxyl groups is 1. The van der Waals surface area contributed by atoms with Crippen LogP contribution >= 0.6 is 0 Å². The molecule has 5 heterocycles. The first-order valence-electron chi connectivity index (χ1n) is 23.1. The number of likely N-dealkylation sites (N-methyl/N-ethyl adjacent to an activating group) is 1. The van der Waals surface area contributed by atoms with E-state index in [1.54, 1.807) is 27.2 Å².